The van der Waals surface area contributed by atoms with Gasteiger partial charge in [0.15, 0.2) is 0 Å². The van der Waals surface area contributed by atoms with Crippen LogP contribution in [0.25, 0.3) is 0 Å². The summed E-state index contributed by atoms with van der Waals surface area (Å²) < 4.78 is 0. The van der Waals surface area contributed by atoms with Crippen molar-refractivity contribution < 1.29 is 15.0 Å². The van der Waals surface area contributed by atoms with Gasteiger partial charge in [0.05, 0.1) is 11.0 Å². The molecule has 0 aliphatic heterocycles. The summed E-state index contributed by atoms with van der Waals surface area (Å²) in [4.78, 5) is 11.0. The molecule has 0 bridgehead atoms. The minimum absolute atomic E-state index is 0.505. The SMILES string of the molecule is CC(C)(O)Cc1ccc(CC(C)(C)C(=O)O)cc1. The van der Waals surface area contributed by atoms with Crippen molar-refractivity contribution in [2.45, 2.75) is 46.1 Å². The minimum atomic E-state index is -0.789. The van der Waals surface area contributed by atoms with Crippen molar-refractivity contribution in [1.29, 1.82) is 0 Å². The Bertz CT molecular complexity index is 410. The predicted octanol–water partition coefficient (Wildman–Crippen LogP) is 2.65. The van der Waals surface area contributed by atoms with Crippen LogP contribution in [0.3, 0.4) is 0 Å². The molecule has 0 aliphatic rings. The van der Waals surface area contributed by atoms with Crippen molar-refractivity contribution in [1.82, 2.24) is 0 Å². The van der Waals surface area contributed by atoms with Crippen LogP contribution in [0, 0.1) is 5.41 Å². The fourth-order valence-electron chi connectivity index (χ4n) is 1.86. The third kappa shape index (κ3) is 4.49. The van der Waals surface area contributed by atoms with E-state index in [2.05, 4.69) is 0 Å². The number of carboxylic acids is 1. The minimum Gasteiger partial charge on any atom is -0.481 e. The van der Waals surface area contributed by atoms with Crippen molar-refractivity contribution in [3.8, 4) is 0 Å². The molecule has 0 saturated carbocycles. The normalized spacial score (nSPS) is 12.5. The van der Waals surface area contributed by atoms with E-state index in [9.17, 15) is 9.90 Å². The molecule has 1 aromatic carbocycles. The summed E-state index contributed by atoms with van der Waals surface area (Å²) in [7, 11) is 0. The van der Waals surface area contributed by atoms with Crippen LogP contribution in [-0.4, -0.2) is 21.8 Å². The summed E-state index contributed by atoms with van der Waals surface area (Å²) in [5, 5.41) is 18.8. The van der Waals surface area contributed by atoms with Gasteiger partial charge in [0.2, 0.25) is 0 Å². The van der Waals surface area contributed by atoms with E-state index >= 15 is 0 Å². The van der Waals surface area contributed by atoms with Crippen molar-refractivity contribution in [3.63, 3.8) is 0 Å². The van der Waals surface area contributed by atoms with Crippen molar-refractivity contribution in [2.75, 3.05) is 0 Å². The fourth-order valence-corrected chi connectivity index (χ4v) is 1.86. The maximum Gasteiger partial charge on any atom is 0.309 e. The van der Waals surface area contributed by atoms with E-state index in [0.717, 1.165) is 11.1 Å². The van der Waals surface area contributed by atoms with Gasteiger partial charge in [-0.1, -0.05) is 24.3 Å². The van der Waals surface area contributed by atoms with Crippen LogP contribution in [-0.2, 0) is 17.6 Å². The van der Waals surface area contributed by atoms with E-state index in [1.165, 1.54) is 0 Å². The number of carboxylic acid groups (broad SMARTS) is 1. The topological polar surface area (TPSA) is 57.5 Å². The first-order valence-corrected chi connectivity index (χ1v) is 6.14. The van der Waals surface area contributed by atoms with Crippen LogP contribution in [0.5, 0.6) is 0 Å². The van der Waals surface area contributed by atoms with Crippen LogP contribution < -0.4 is 0 Å². The Morgan fingerprint density at radius 3 is 1.72 bits per heavy atom. The zero-order valence-electron chi connectivity index (χ0n) is 11.5. The summed E-state index contributed by atoms with van der Waals surface area (Å²) in [6, 6.07) is 7.77. The van der Waals surface area contributed by atoms with E-state index < -0.39 is 17.0 Å². The highest BCUT2D eigenvalue weighted by Gasteiger charge is 2.27. The molecule has 100 valence electrons. The molecule has 0 heterocycles. The Morgan fingerprint density at radius 2 is 1.39 bits per heavy atom. The Hall–Kier alpha value is -1.35. The number of hydrogen-bond acceptors (Lipinski definition) is 2. The number of aliphatic hydroxyl groups is 1. The molecule has 0 amide bonds. The van der Waals surface area contributed by atoms with Crippen LogP contribution in [0.2, 0.25) is 0 Å². The first-order chi connectivity index (χ1) is 8.10. The summed E-state index contributed by atoms with van der Waals surface area (Å²) >= 11 is 0. The Labute approximate surface area is 108 Å². The second kappa shape index (κ2) is 5.11. The Balaban J connectivity index is 2.75. The second-order valence-corrected chi connectivity index (χ2v) is 6.17. The van der Waals surface area contributed by atoms with Gasteiger partial charge in [-0.05, 0) is 45.2 Å². The molecule has 3 nitrogen and oxygen atoms in total. The van der Waals surface area contributed by atoms with Gasteiger partial charge >= 0.3 is 5.97 Å². The summed E-state index contributed by atoms with van der Waals surface area (Å²) in [5.41, 5.74) is 0.584. The summed E-state index contributed by atoms with van der Waals surface area (Å²) in [6.45, 7) is 6.99. The smallest absolute Gasteiger partial charge is 0.309 e. The first kappa shape index (κ1) is 14.7. The molecular formula is C15H22O3. The molecule has 0 unspecified atom stereocenters. The number of aliphatic carboxylic acids is 1. The number of benzene rings is 1. The Kier molecular flexibility index (Phi) is 4.17. The molecule has 2 N–H and O–H groups in total. The molecule has 0 aromatic heterocycles. The average molecular weight is 250 g/mol. The largest absolute Gasteiger partial charge is 0.481 e. The number of rotatable bonds is 5. The van der Waals surface area contributed by atoms with Gasteiger partial charge in [0.25, 0.3) is 0 Å². The number of hydrogen-bond donors (Lipinski definition) is 2. The lowest BCUT2D eigenvalue weighted by molar-refractivity contribution is -0.146. The molecule has 18 heavy (non-hydrogen) atoms. The van der Waals surface area contributed by atoms with Gasteiger partial charge < -0.3 is 10.2 Å². The van der Waals surface area contributed by atoms with Gasteiger partial charge in [0, 0.05) is 6.42 Å². The molecule has 0 atom stereocenters. The van der Waals surface area contributed by atoms with Gasteiger partial charge in [-0.2, -0.15) is 0 Å². The fraction of sp³-hybridized carbons (Fsp3) is 0.533. The van der Waals surface area contributed by atoms with Crippen LogP contribution in [0.4, 0.5) is 0 Å². The maximum atomic E-state index is 11.0. The quantitative estimate of drug-likeness (QED) is 0.844. The highest BCUT2D eigenvalue weighted by molar-refractivity contribution is 5.74. The summed E-state index contributed by atoms with van der Waals surface area (Å²) in [5.74, 6) is -0.789. The van der Waals surface area contributed by atoms with Gasteiger partial charge in [-0.15, -0.1) is 0 Å². The van der Waals surface area contributed by atoms with Gasteiger partial charge in [-0.25, -0.2) is 0 Å². The molecule has 0 radical (unpaired) electrons. The van der Waals surface area contributed by atoms with Crippen molar-refractivity contribution in [3.05, 3.63) is 35.4 Å². The van der Waals surface area contributed by atoms with Gasteiger partial charge in [0.1, 0.15) is 0 Å². The van der Waals surface area contributed by atoms with E-state index in [-0.39, 0.29) is 0 Å². The molecule has 0 fully saturated rings. The molecule has 3 heteroatoms. The predicted molar refractivity (Wildman–Crippen MR) is 71.6 cm³/mol. The highest BCUT2D eigenvalue weighted by atomic mass is 16.4. The van der Waals surface area contributed by atoms with E-state index in [1.807, 2.05) is 24.3 Å². The molecule has 1 rings (SSSR count). The monoisotopic (exact) mass is 250 g/mol. The molecule has 0 saturated heterocycles. The lowest BCUT2D eigenvalue weighted by atomic mass is 9.85. The van der Waals surface area contributed by atoms with Crippen molar-refractivity contribution >= 4 is 5.97 Å². The van der Waals surface area contributed by atoms with Crippen LogP contribution >= 0.6 is 0 Å². The van der Waals surface area contributed by atoms with Gasteiger partial charge in [-0.3, -0.25) is 4.79 Å². The zero-order valence-corrected chi connectivity index (χ0v) is 11.5. The molecule has 1 aromatic rings. The summed E-state index contributed by atoms with van der Waals surface area (Å²) in [6.07, 6.45) is 1.10. The molecule has 0 aliphatic carbocycles. The van der Waals surface area contributed by atoms with Crippen LogP contribution in [0.15, 0.2) is 24.3 Å². The zero-order chi connectivity index (χ0) is 14.0. The lowest BCUT2D eigenvalue weighted by Gasteiger charge is -2.20. The van der Waals surface area contributed by atoms with E-state index in [0.29, 0.717) is 12.8 Å². The highest BCUT2D eigenvalue weighted by Crippen LogP contribution is 2.23. The lowest BCUT2D eigenvalue weighted by Crippen LogP contribution is -2.26. The first-order valence-electron chi connectivity index (χ1n) is 6.14. The molecule has 0 spiro atoms. The van der Waals surface area contributed by atoms with Crippen LogP contribution in [0.1, 0.15) is 38.8 Å². The third-order valence-electron chi connectivity index (χ3n) is 2.88. The standard InChI is InChI=1S/C15H22O3/c1-14(2,13(16)17)9-11-5-7-12(8-6-11)10-15(3,4)18/h5-8,18H,9-10H2,1-4H3,(H,16,17). The second-order valence-electron chi connectivity index (χ2n) is 6.17. The Morgan fingerprint density at radius 1 is 1.00 bits per heavy atom. The number of carbonyl (C=O) groups is 1. The maximum absolute atomic E-state index is 11.0. The van der Waals surface area contributed by atoms with Crippen molar-refractivity contribution in [2.24, 2.45) is 5.41 Å². The van der Waals surface area contributed by atoms with E-state index in [1.54, 1.807) is 27.7 Å². The third-order valence-corrected chi connectivity index (χ3v) is 2.88. The average Bonchev–Trinajstić information content (AvgIpc) is 2.18. The van der Waals surface area contributed by atoms with E-state index in [4.69, 9.17) is 5.11 Å². The molecular weight excluding hydrogens is 228 g/mol.